The summed E-state index contributed by atoms with van der Waals surface area (Å²) < 4.78 is 2.44. The van der Waals surface area contributed by atoms with Gasteiger partial charge in [-0.1, -0.05) is 41.6 Å². The summed E-state index contributed by atoms with van der Waals surface area (Å²) >= 11 is 1.95. The van der Waals surface area contributed by atoms with Crippen molar-refractivity contribution in [2.75, 3.05) is 5.75 Å². The monoisotopic (exact) mass is 347 g/mol. The molecule has 0 aliphatic carbocycles. The van der Waals surface area contributed by atoms with Gasteiger partial charge in [0.05, 0.1) is 5.69 Å². The van der Waals surface area contributed by atoms with Crippen LogP contribution in [0.4, 0.5) is 0 Å². The normalized spacial score (nSPS) is 13.4. The molecule has 0 saturated carbocycles. The van der Waals surface area contributed by atoms with Crippen LogP contribution >= 0.6 is 11.8 Å². The Morgan fingerprint density at radius 1 is 1.08 bits per heavy atom. The van der Waals surface area contributed by atoms with Gasteiger partial charge in [0.25, 0.3) is 0 Å². The number of aryl methyl sites for hydroxylation is 3. The molecule has 1 aliphatic heterocycles. The Balaban J connectivity index is 1.73. The fourth-order valence-electron chi connectivity index (χ4n) is 3.72. The number of H-pyrrole nitrogens is 1. The molecule has 2 aromatic carbocycles. The van der Waals surface area contributed by atoms with E-state index in [2.05, 4.69) is 73.7 Å². The molecule has 4 aromatic rings. The van der Waals surface area contributed by atoms with Crippen molar-refractivity contribution in [2.24, 2.45) is 0 Å². The number of rotatable bonds is 3. The molecule has 0 saturated heterocycles. The third-order valence-electron chi connectivity index (χ3n) is 4.78. The second-order valence-corrected chi connectivity index (χ2v) is 7.31. The fourth-order valence-corrected chi connectivity index (χ4v) is 4.74. The van der Waals surface area contributed by atoms with E-state index in [0.717, 1.165) is 31.0 Å². The molecule has 0 radical (unpaired) electrons. The molecule has 5 rings (SSSR count). The van der Waals surface area contributed by atoms with Gasteiger partial charge in [0, 0.05) is 40.1 Å². The Morgan fingerprint density at radius 2 is 1.96 bits per heavy atom. The number of nitrogens with one attached hydrogen (secondary N) is 1. The first kappa shape index (κ1) is 14.7. The fraction of sp³-hybridized carbons (Fsp3) is 0.211. The molecule has 0 atom stereocenters. The van der Waals surface area contributed by atoms with Crippen LogP contribution in [-0.2, 0) is 19.4 Å². The minimum Gasteiger partial charge on any atom is -0.340 e. The molecule has 0 amide bonds. The molecule has 2 aromatic heterocycles. The van der Waals surface area contributed by atoms with Gasteiger partial charge < -0.3 is 4.57 Å². The zero-order chi connectivity index (χ0) is 16.6. The van der Waals surface area contributed by atoms with Crippen molar-refractivity contribution < 1.29 is 0 Å². The summed E-state index contributed by atoms with van der Waals surface area (Å²) in [6.07, 6.45) is 1.85. The minimum atomic E-state index is 0.753. The Morgan fingerprint density at radius 3 is 2.88 bits per heavy atom. The summed E-state index contributed by atoms with van der Waals surface area (Å²) in [5.74, 6) is 1.87. The quantitative estimate of drug-likeness (QED) is 0.614. The molecule has 1 N–H and O–H groups in total. The van der Waals surface area contributed by atoms with Crippen LogP contribution in [0.5, 0.6) is 0 Å². The smallest absolute Gasteiger partial charge is 0.176 e. The van der Waals surface area contributed by atoms with E-state index in [9.17, 15) is 0 Å². The molecule has 1 aliphatic rings. The van der Waals surface area contributed by atoms with Crippen molar-refractivity contribution in [3.8, 4) is 11.3 Å². The van der Waals surface area contributed by atoms with E-state index in [1.165, 1.54) is 32.6 Å². The summed E-state index contributed by atoms with van der Waals surface area (Å²) in [4.78, 5) is 1.37. The van der Waals surface area contributed by atoms with Crippen LogP contribution in [0.15, 0.2) is 53.4 Å². The van der Waals surface area contributed by atoms with Crippen LogP contribution in [0.3, 0.4) is 0 Å². The van der Waals surface area contributed by atoms with Gasteiger partial charge in [0.2, 0.25) is 0 Å². The highest BCUT2D eigenvalue weighted by Gasteiger charge is 2.22. The lowest BCUT2D eigenvalue weighted by molar-refractivity contribution is 0.697. The first-order chi connectivity index (χ1) is 12.4. The van der Waals surface area contributed by atoms with E-state index < -0.39 is 0 Å². The van der Waals surface area contributed by atoms with E-state index in [1.54, 1.807) is 0 Å². The molecule has 0 bridgehead atoms. The number of fused-ring (bicyclic) bond motifs is 5. The first-order valence-electron chi connectivity index (χ1n) is 8.46. The SMILES string of the molecule is c1ccc2c(c1)SCCc1c-2n(CCc2nn[nH]n2)c2ccccc12. The number of thioether (sulfide) groups is 1. The second kappa shape index (κ2) is 6.04. The summed E-state index contributed by atoms with van der Waals surface area (Å²) in [6.45, 7) is 0.842. The maximum atomic E-state index is 4.11. The summed E-state index contributed by atoms with van der Waals surface area (Å²) in [7, 11) is 0. The number of nitrogens with zero attached hydrogens (tertiary/aromatic N) is 4. The van der Waals surface area contributed by atoms with Crippen LogP contribution in [0.1, 0.15) is 11.4 Å². The topological polar surface area (TPSA) is 59.4 Å². The largest absolute Gasteiger partial charge is 0.340 e. The van der Waals surface area contributed by atoms with Gasteiger partial charge in [-0.15, -0.1) is 22.0 Å². The van der Waals surface area contributed by atoms with Gasteiger partial charge in [0.1, 0.15) is 0 Å². The zero-order valence-corrected chi connectivity index (χ0v) is 14.5. The predicted molar refractivity (Wildman–Crippen MR) is 99.7 cm³/mol. The van der Waals surface area contributed by atoms with E-state index in [1.807, 2.05) is 11.8 Å². The number of tetrazole rings is 1. The average molecular weight is 347 g/mol. The average Bonchev–Trinajstić information content (AvgIpc) is 3.22. The molecule has 0 spiro atoms. The van der Waals surface area contributed by atoms with Gasteiger partial charge in [-0.2, -0.15) is 5.21 Å². The summed E-state index contributed by atoms with van der Waals surface area (Å²) in [5, 5.41) is 15.8. The van der Waals surface area contributed by atoms with Crippen molar-refractivity contribution in [1.29, 1.82) is 0 Å². The number of hydrogen-bond acceptors (Lipinski definition) is 4. The highest BCUT2D eigenvalue weighted by molar-refractivity contribution is 7.99. The van der Waals surface area contributed by atoms with Crippen LogP contribution in [0, 0.1) is 0 Å². The van der Waals surface area contributed by atoms with Crippen molar-refractivity contribution >= 4 is 22.7 Å². The van der Waals surface area contributed by atoms with Gasteiger partial charge in [-0.25, -0.2) is 0 Å². The highest BCUT2D eigenvalue weighted by atomic mass is 32.2. The van der Waals surface area contributed by atoms with E-state index in [-0.39, 0.29) is 0 Å². The van der Waals surface area contributed by atoms with Crippen LogP contribution in [0.25, 0.3) is 22.2 Å². The van der Waals surface area contributed by atoms with Crippen molar-refractivity contribution in [3.63, 3.8) is 0 Å². The lowest BCUT2D eigenvalue weighted by atomic mass is 10.0. The number of aromatic nitrogens is 5. The second-order valence-electron chi connectivity index (χ2n) is 6.17. The Bertz CT molecular complexity index is 1040. The van der Waals surface area contributed by atoms with E-state index in [4.69, 9.17) is 0 Å². The van der Waals surface area contributed by atoms with Crippen molar-refractivity contribution in [3.05, 3.63) is 59.9 Å². The molecule has 5 nitrogen and oxygen atoms in total. The Hall–Kier alpha value is -2.60. The van der Waals surface area contributed by atoms with Crippen molar-refractivity contribution in [2.45, 2.75) is 24.3 Å². The zero-order valence-electron chi connectivity index (χ0n) is 13.6. The minimum absolute atomic E-state index is 0.753. The van der Waals surface area contributed by atoms with Gasteiger partial charge in [-0.3, -0.25) is 0 Å². The molecule has 3 heterocycles. The Labute approximate surface area is 149 Å². The maximum Gasteiger partial charge on any atom is 0.176 e. The standard InChI is InChI=1S/C19H17N5S/c1-3-7-16-13(5-1)14-10-12-25-17-8-4-2-6-15(17)19(14)24(16)11-9-18-20-22-23-21-18/h1-8H,9-12H2,(H,20,21,22,23). The highest BCUT2D eigenvalue weighted by Crippen LogP contribution is 2.42. The van der Waals surface area contributed by atoms with Gasteiger partial charge in [-0.05, 0) is 24.1 Å². The molecular weight excluding hydrogens is 330 g/mol. The van der Waals surface area contributed by atoms with Crippen LogP contribution < -0.4 is 0 Å². The third kappa shape index (κ3) is 2.44. The summed E-state index contributed by atoms with van der Waals surface area (Å²) in [6, 6.07) is 17.5. The maximum absolute atomic E-state index is 4.11. The molecule has 124 valence electrons. The van der Waals surface area contributed by atoms with Crippen LogP contribution in [-0.4, -0.2) is 30.9 Å². The first-order valence-corrected chi connectivity index (χ1v) is 9.45. The number of hydrogen-bond donors (Lipinski definition) is 1. The van der Waals surface area contributed by atoms with Gasteiger partial charge in [0.15, 0.2) is 5.82 Å². The third-order valence-corrected chi connectivity index (χ3v) is 5.85. The summed E-state index contributed by atoms with van der Waals surface area (Å²) in [5.41, 5.74) is 5.44. The predicted octanol–water partition coefficient (Wildman–Crippen LogP) is 3.71. The molecule has 0 fully saturated rings. The molecular formula is C19H17N5S. The van der Waals surface area contributed by atoms with Crippen molar-refractivity contribution in [1.82, 2.24) is 25.2 Å². The van der Waals surface area contributed by atoms with E-state index in [0.29, 0.717) is 0 Å². The molecule has 25 heavy (non-hydrogen) atoms. The number of para-hydroxylation sites is 1. The van der Waals surface area contributed by atoms with Crippen LogP contribution in [0.2, 0.25) is 0 Å². The molecule has 0 unspecified atom stereocenters. The Kier molecular flexibility index (Phi) is 3.56. The van der Waals surface area contributed by atoms with Gasteiger partial charge >= 0.3 is 0 Å². The number of benzene rings is 2. The van der Waals surface area contributed by atoms with E-state index >= 15 is 0 Å². The lowest BCUT2D eigenvalue weighted by Gasteiger charge is -2.12. The lowest BCUT2D eigenvalue weighted by Crippen LogP contribution is -2.05. The molecule has 6 heteroatoms. The number of aromatic amines is 1.